The van der Waals surface area contributed by atoms with Crippen molar-refractivity contribution in [3.05, 3.63) is 29.6 Å². The van der Waals surface area contributed by atoms with Crippen LogP contribution >= 0.6 is 0 Å². The first-order chi connectivity index (χ1) is 9.62. The van der Waals surface area contributed by atoms with Gasteiger partial charge in [-0.25, -0.2) is 4.98 Å². The molecule has 2 aliphatic rings. The lowest BCUT2D eigenvalue weighted by atomic mass is 9.64. The predicted octanol–water partition coefficient (Wildman–Crippen LogP) is 3.19. The quantitative estimate of drug-likeness (QED) is 0.932. The van der Waals surface area contributed by atoms with E-state index in [1.54, 1.807) is 0 Å². The molecule has 20 heavy (non-hydrogen) atoms. The van der Waals surface area contributed by atoms with Gasteiger partial charge in [-0.3, -0.25) is 4.79 Å². The van der Waals surface area contributed by atoms with Crippen LogP contribution in [0.2, 0.25) is 0 Å². The number of aromatic nitrogens is 2. The van der Waals surface area contributed by atoms with Gasteiger partial charge in [0.15, 0.2) is 0 Å². The topological polar surface area (TPSA) is 55.1 Å². The SMILES string of the molecule is Cc1nc2cc(C3(C(=O)O)CCC3)ccc2n1C1CC1. The van der Waals surface area contributed by atoms with E-state index in [2.05, 4.69) is 15.6 Å². The van der Waals surface area contributed by atoms with Crippen LogP contribution in [0.4, 0.5) is 0 Å². The predicted molar refractivity (Wildman–Crippen MR) is 75.9 cm³/mol. The van der Waals surface area contributed by atoms with E-state index in [-0.39, 0.29) is 0 Å². The van der Waals surface area contributed by atoms with Crippen LogP contribution in [0.25, 0.3) is 11.0 Å². The summed E-state index contributed by atoms with van der Waals surface area (Å²) in [5.41, 5.74) is 2.35. The van der Waals surface area contributed by atoms with Crippen molar-refractivity contribution in [2.75, 3.05) is 0 Å². The molecular weight excluding hydrogens is 252 g/mol. The maximum atomic E-state index is 11.6. The maximum Gasteiger partial charge on any atom is 0.314 e. The number of carbonyl (C=O) groups is 1. The lowest BCUT2D eigenvalue weighted by molar-refractivity contribution is -0.147. The van der Waals surface area contributed by atoms with Gasteiger partial charge >= 0.3 is 5.97 Å². The van der Waals surface area contributed by atoms with Gasteiger partial charge in [0.2, 0.25) is 0 Å². The van der Waals surface area contributed by atoms with Crippen LogP contribution in [0.1, 0.15) is 49.5 Å². The summed E-state index contributed by atoms with van der Waals surface area (Å²) in [5, 5.41) is 9.54. The zero-order chi connectivity index (χ0) is 13.9. The van der Waals surface area contributed by atoms with E-state index >= 15 is 0 Å². The molecule has 0 bridgehead atoms. The second kappa shape index (κ2) is 3.84. The molecule has 4 nitrogen and oxygen atoms in total. The van der Waals surface area contributed by atoms with Gasteiger partial charge in [-0.05, 0) is 50.3 Å². The van der Waals surface area contributed by atoms with Crippen molar-refractivity contribution < 1.29 is 9.90 Å². The van der Waals surface area contributed by atoms with Crippen LogP contribution in [0.5, 0.6) is 0 Å². The fourth-order valence-electron chi connectivity index (χ4n) is 3.47. The van der Waals surface area contributed by atoms with Crippen LogP contribution < -0.4 is 0 Å². The Morgan fingerprint density at radius 2 is 2.15 bits per heavy atom. The van der Waals surface area contributed by atoms with Gasteiger partial charge < -0.3 is 9.67 Å². The third-order valence-corrected chi connectivity index (χ3v) is 4.95. The largest absolute Gasteiger partial charge is 0.481 e. The van der Waals surface area contributed by atoms with Crippen LogP contribution in [0.3, 0.4) is 0 Å². The highest BCUT2D eigenvalue weighted by Crippen LogP contribution is 2.45. The van der Waals surface area contributed by atoms with E-state index in [1.807, 2.05) is 19.1 Å². The number of carboxylic acids is 1. The molecule has 2 aliphatic carbocycles. The van der Waals surface area contributed by atoms with E-state index < -0.39 is 11.4 Å². The van der Waals surface area contributed by atoms with Crippen LogP contribution in [0, 0.1) is 6.92 Å². The summed E-state index contributed by atoms with van der Waals surface area (Å²) in [4.78, 5) is 16.2. The Morgan fingerprint density at radius 1 is 1.40 bits per heavy atom. The van der Waals surface area contributed by atoms with E-state index in [0.717, 1.165) is 41.7 Å². The Morgan fingerprint density at radius 3 is 2.70 bits per heavy atom. The monoisotopic (exact) mass is 270 g/mol. The van der Waals surface area contributed by atoms with E-state index in [0.29, 0.717) is 6.04 Å². The van der Waals surface area contributed by atoms with Gasteiger partial charge in [-0.15, -0.1) is 0 Å². The minimum Gasteiger partial charge on any atom is -0.481 e. The van der Waals surface area contributed by atoms with Crippen molar-refractivity contribution in [1.29, 1.82) is 0 Å². The number of hydrogen-bond donors (Lipinski definition) is 1. The summed E-state index contributed by atoms with van der Waals surface area (Å²) in [7, 11) is 0. The Balaban J connectivity index is 1.85. The molecule has 0 amide bonds. The number of hydrogen-bond acceptors (Lipinski definition) is 2. The van der Waals surface area contributed by atoms with Gasteiger partial charge in [0.25, 0.3) is 0 Å². The van der Waals surface area contributed by atoms with Crippen molar-refractivity contribution in [2.45, 2.75) is 50.5 Å². The average Bonchev–Trinajstić information content (AvgIpc) is 3.10. The number of benzene rings is 1. The molecule has 1 aromatic heterocycles. The van der Waals surface area contributed by atoms with Crippen LogP contribution in [-0.4, -0.2) is 20.6 Å². The molecule has 2 saturated carbocycles. The van der Waals surface area contributed by atoms with E-state index in [4.69, 9.17) is 0 Å². The number of nitrogens with zero attached hydrogens (tertiary/aromatic N) is 2. The number of rotatable bonds is 3. The van der Waals surface area contributed by atoms with Gasteiger partial charge in [-0.1, -0.05) is 12.5 Å². The Bertz CT molecular complexity index is 709. The molecule has 0 saturated heterocycles. The Labute approximate surface area is 117 Å². The van der Waals surface area contributed by atoms with Crippen molar-refractivity contribution in [3.63, 3.8) is 0 Å². The maximum absolute atomic E-state index is 11.6. The Hall–Kier alpha value is -1.84. The smallest absolute Gasteiger partial charge is 0.314 e. The van der Waals surface area contributed by atoms with Crippen molar-refractivity contribution in [1.82, 2.24) is 9.55 Å². The number of carboxylic acid groups (broad SMARTS) is 1. The van der Waals surface area contributed by atoms with Gasteiger partial charge in [0, 0.05) is 6.04 Å². The summed E-state index contributed by atoms with van der Waals surface area (Å²) >= 11 is 0. The fourth-order valence-corrected chi connectivity index (χ4v) is 3.47. The molecule has 0 aliphatic heterocycles. The minimum atomic E-state index is -0.693. The zero-order valence-electron chi connectivity index (χ0n) is 11.6. The first kappa shape index (κ1) is 11.9. The molecule has 1 heterocycles. The molecule has 0 spiro atoms. The van der Waals surface area contributed by atoms with Crippen LogP contribution in [0.15, 0.2) is 18.2 Å². The highest BCUT2D eigenvalue weighted by Gasteiger charge is 2.46. The van der Waals surface area contributed by atoms with Crippen molar-refractivity contribution in [3.8, 4) is 0 Å². The van der Waals surface area contributed by atoms with Gasteiger partial charge in [0.1, 0.15) is 5.82 Å². The number of aryl methyl sites for hydroxylation is 1. The summed E-state index contributed by atoms with van der Waals surface area (Å²) in [6.07, 6.45) is 4.95. The molecule has 2 fully saturated rings. The summed E-state index contributed by atoms with van der Waals surface area (Å²) in [5.74, 6) is 0.346. The van der Waals surface area contributed by atoms with Crippen molar-refractivity contribution >= 4 is 17.0 Å². The summed E-state index contributed by atoms with van der Waals surface area (Å²) < 4.78 is 2.30. The number of fused-ring (bicyclic) bond motifs is 1. The molecule has 0 unspecified atom stereocenters. The molecule has 2 aromatic rings. The third kappa shape index (κ3) is 1.48. The molecule has 1 aromatic carbocycles. The van der Waals surface area contributed by atoms with Crippen molar-refractivity contribution in [2.24, 2.45) is 0 Å². The zero-order valence-corrected chi connectivity index (χ0v) is 11.6. The highest BCUT2D eigenvalue weighted by molar-refractivity contribution is 5.85. The molecule has 104 valence electrons. The first-order valence-electron chi connectivity index (χ1n) is 7.34. The van der Waals surface area contributed by atoms with Gasteiger partial charge in [-0.2, -0.15) is 0 Å². The second-order valence-electron chi connectivity index (χ2n) is 6.20. The highest BCUT2D eigenvalue weighted by atomic mass is 16.4. The lowest BCUT2D eigenvalue weighted by Gasteiger charge is -2.38. The normalized spacial score (nSPS) is 20.9. The Kier molecular flexibility index (Phi) is 2.29. The number of imidazole rings is 1. The first-order valence-corrected chi connectivity index (χ1v) is 7.34. The lowest BCUT2D eigenvalue weighted by Crippen LogP contribution is -2.42. The molecule has 1 N–H and O–H groups in total. The standard InChI is InChI=1S/C16H18N2O2/c1-10-17-13-9-11(16(15(19)20)7-2-8-16)3-6-14(13)18(10)12-4-5-12/h3,6,9,12H,2,4-5,7-8H2,1H3,(H,19,20). The average molecular weight is 270 g/mol. The summed E-state index contributed by atoms with van der Waals surface area (Å²) in [6, 6.07) is 6.65. The molecular formula is C16H18N2O2. The fraction of sp³-hybridized carbons (Fsp3) is 0.500. The summed E-state index contributed by atoms with van der Waals surface area (Å²) in [6.45, 7) is 2.04. The molecule has 0 atom stereocenters. The van der Waals surface area contributed by atoms with E-state index in [9.17, 15) is 9.90 Å². The number of aliphatic carboxylic acids is 1. The van der Waals surface area contributed by atoms with E-state index in [1.165, 1.54) is 12.8 Å². The molecule has 4 heteroatoms. The van der Waals surface area contributed by atoms with Crippen LogP contribution in [-0.2, 0) is 10.2 Å². The molecule has 4 rings (SSSR count). The molecule has 0 radical (unpaired) electrons. The third-order valence-electron chi connectivity index (χ3n) is 4.95. The van der Waals surface area contributed by atoms with Gasteiger partial charge in [0.05, 0.1) is 16.4 Å². The second-order valence-corrected chi connectivity index (χ2v) is 6.20. The minimum absolute atomic E-state index is 0.600.